The van der Waals surface area contributed by atoms with Crippen molar-refractivity contribution in [2.75, 3.05) is 5.32 Å². The van der Waals surface area contributed by atoms with Gasteiger partial charge in [-0.25, -0.2) is 0 Å². The largest absolute Gasteiger partial charge is 0.347 e. The molecule has 3 unspecified atom stereocenters. The lowest BCUT2D eigenvalue weighted by molar-refractivity contribution is -0.126. The molecule has 9 heteroatoms. The fourth-order valence-electron chi connectivity index (χ4n) is 3.67. The van der Waals surface area contributed by atoms with Crippen molar-refractivity contribution in [1.82, 2.24) is 10.6 Å². The zero-order chi connectivity index (χ0) is 19.7. The summed E-state index contributed by atoms with van der Waals surface area (Å²) in [6.45, 7) is 0. The highest BCUT2D eigenvalue weighted by Crippen LogP contribution is 2.35. The summed E-state index contributed by atoms with van der Waals surface area (Å²) < 4.78 is 25.7. The number of halogens is 2. The molecule has 3 N–H and O–H groups in total. The van der Waals surface area contributed by atoms with Crippen LogP contribution in [0.4, 0.5) is 14.5 Å². The van der Waals surface area contributed by atoms with Crippen molar-refractivity contribution in [3.63, 3.8) is 0 Å². The molecule has 2 amide bonds. The maximum absolute atomic E-state index is 12.5. The van der Waals surface area contributed by atoms with Gasteiger partial charge < -0.3 is 16.0 Å². The van der Waals surface area contributed by atoms with Crippen LogP contribution in [0.25, 0.3) is 0 Å². The first-order valence-electron chi connectivity index (χ1n) is 9.01. The van der Waals surface area contributed by atoms with E-state index in [0.29, 0.717) is 22.6 Å². The first-order valence-corrected chi connectivity index (χ1v) is 10.6. The van der Waals surface area contributed by atoms with Gasteiger partial charge in [0.1, 0.15) is 0 Å². The van der Waals surface area contributed by atoms with Crippen LogP contribution in [0, 0.1) is 0 Å². The lowest BCUT2D eigenvalue weighted by Gasteiger charge is -2.20. The Balaban J connectivity index is 1.37. The molecule has 0 spiro atoms. The fraction of sp³-hybridized carbons (Fsp3) is 0.368. The number of alkyl halides is 2. The Labute approximate surface area is 169 Å². The van der Waals surface area contributed by atoms with Gasteiger partial charge in [0.15, 0.2) is 0 Å². The van der Waals surface area contributed by atoms with Gasteiger partial charge in [-0.15, -0.1) is 11.3 Å². The van der Waals surface area contributed by atoms with Gasteiger partial charge in [0.25, 0.3) is 11.8 Å². The molecular formula is C19H19F2N3O2S2. The van der Waals surface area contributed by atoms with Crippen LogP contribution in [-0.4, -0.2) is 36.4 Å². The zero-order valence-corrected chi connectivity index (χ0v) is 16.4. The fourth-order valence-corrected chi connectivity index (χ4v) is 5.74. The number of rotatable bonds is 6. The number of carbonyl (C=O) groups excluding carboxylic acids is 2. The average Bonchev–Trinajstić information content (AvgIpc) is 3.39. The summed E-state index contributed by atoms with van der Waals surface area (Å²) >= 11 is 2.80. The Bertz CT molecular complexity index is 890. The van der Waals surface area contributed by atoms with Crippen LogP contribution >= 0.6 is 23.1 Å². The molecule has 2 aliphatic heterocycles. The van der Waals surface area contributed by atoms with E-state index in [1.165, 1.54) is 29.5 Å². The summed E-state index contributed by atoms with van der Waals surface area (Å²) in [6, 6.07) is 11.5. The number of nitrogens with one attached hydrogen (secondary N) is 3. The lowest BCUT2D eigenvalue weighted by Crippen LogP contribution is -2.42. The van der Waals surface area contributed by atoms with Gasteiger partial charge in [-0.2, -0.15) is 8.78 Å². The summed E-state index contributed by atoms with van der Waals surface area (Å²) in [6.07, 6.45) is 0.230. The van der Waals surface area contributed by atoms with Crippen LogP contribution in [-0.2, 0) is 4.79 Å². The maximum atomic E-state index is 12.5. The molecule has 4 rings (SSSR count). The summed E-state index contributed by atoms with van der Waals surface area (Å²) in [5, 5.41) is 8.81. The monoisotopic (exact) mass is 423 g/mol. The van der Waals surface area contributed by atoms with Gasteiger partial charge in [0.05, 0.1) is 9.09 Å². The minimum Gasteiger partial charge on any atom is -0.347 e. The third-order valence-corrected chi connectivity index (χ3v) is 7.15. The van der Waals surface area contributed by atoms with Crippen molar-refractivity contribution in [2.24, 2.45) is 0 Å². The predicted octanol–water partition coefficient (Wildman–Crippen LogP) is 3.73. The van der Waals surface area contributed by atoms with Crippen molar-refractivity contribution >= 4 is 40.6 Å². The average molecular weight is 424 g/mol. The second-order valence-electron chi connectivity index (χ2n) is 6.90. The summed E-state index contributed by atoms with van der Waals surface area (Å²) in [5.74, 6) is -1.39. The number of amides is 2. The van der Waals surface area contributed by atoms with E-state index in [2.05, 4.69) is 16.0 Å². The van der Waals surface area contributed by atoms with E-state index in [9.17, 15) is 18.4 Å². The molecule has 148 valence electrons. The van der Waals surface area contributed by atoms with Crippen molar-refractivity contribution in [2.45, 2.75) is 52.9 Å². The van der Waals surface area contributed by atoms with Gasteiger partial charge in [-0.3, -0.25) is 9.59 Å². The Morgan fingerprint density at radius 2 is 2.07 bits per heavy atom. The van der Waals surface area contributed by atoms with Crippen LogP contribution in [0.3, 0.4) is 0 Å². The molecule has 3 heterocycles. The van der Waals surface area contributed by atoms with E-state index in [0.717, 1.165) is 21.9 Å². The van der Waals surface area contributed by atoms with Crippen molar-refractivity contribution in [1.29, 1.82) is 0 Å². The predicted molar refractivity (Wildman–Crippen MR) is 105 cm³/mol. The second-order valence-corrected chi connectivity index (χ2v) is 9.36. The number of hydrogen-bond donors (Lipinski definition) is 3. The Kier molecular flexibility index (Phi) is 5.65. The Hall–Kier alpha value is -1.97. The van der Waals surface area contributed by atoms with Gasteiger partial charge in [0, 0.05) is 28.7 Å². The molecule has 2 fully saturated rings. The number of carbonyl (C=O) groups is 2. The Morgan fingerprint density at radius 3 is 2.79 bits per heavy atom. The lowest BCUT2D eigenvalue weighted by atomic mass is 9.95. The molecule has 5 nitrogen and oxygen atoms in total. The van der Waals surface area contributed by atoms with E-state index < -0.39 is 12.3 Å². The third kappa shape index (κ3) is 4.37. The van der Waals surface area contributed by atoms with E-state index in [1.54, 1.807) is 24.3 Å². The molecule has 2 aliphatic rings. The van der Waals surface area contributed by atoms with Gasteiger partial charge in [-0.1, -0.05) is 17.8 Å². The van der Waals surface area contributed by atoms with Crippen LogP contribution in [0.2, 0.25) is 0 Å². The topological polar surface area (TPSA) is 70.2 Å². The summed E-state index contributed by atoms with van der Waals surface area (Å²) in [7, 11) is 0. The normalized spacial score (nSPS) is 23.2. The number of fused-ring (bicyclic) bond motifs is 2. The number of benzene rings is 1. The molecule has 1 aromatic carbocycles. The number of anilines is 1. The van der Waals surface area contributed by atoms with Crippen molar-refractivity contribution in [3.05, 3.63) is 41.3 Å². The zero-order valence-electron chi connectivity index (χ0n) is 14.8. The van der Waals surface area contributed by atoms with Gasteiger partial charge in [0.2, 0.25) is 0 Å². The number of thiophene rings is 1. The highest BCUT2D eigenvalue weighted by atomic mass is 32.2. The van der Waals surface area contributed by atoms with E-state index in [-0.39, 0.29) is 11.9 Å². The minimum absolute atomic E-state index is 0.0610. The smallest absolute Gasteiger partial charge is 0.315 e. The Morgan fingerprint density at radius 1 is 1.21 bits per heavy atom. The highest BCUT2D eigenvalue weighted by Gasteiger charge is 2.39. The molecule has 0 aliphatic carbocycles. The number of hydrogen-bond acceptors (Lipinski definition) is 5. The van der Waals surface area contributed by atoms with Gasteiger partial charge >= 0.3 is 6.43 Å². The molecule has 0 radical (unpaired) electrons. The highest BCUT2D eigenvalue weighted by molar-refractivity contribution is 8.01. The standard InChI is InChI=1S/C19H19F2N3O2S2/c20-17(21)19(26)23-10-2-1-3-12(8-10)27-16-7-6-15(28-16)18(25)24-14-9-11-4-5-13(14)22-11/h1-3,6-8,11,13-14,17,22H,4-5,9H2,(H,23,26)(H,24,25). The molecule has 2 bridgehead atoms. The minimum atomic E-state index is -3.06. The van der Waals surface area contributed by atoms with Crippen LogP contribution in [0.15, 0.2) is 45.5 Å². The van der Waals surface area contributed by atoms with E-state index >= 15 is 0 Å². The quantitative estimate of drug-likeness (QED) is 0.662. The SMILES string of the molecule is O=C(NC1CC2CCC1N2)c1ccc(Sc2cccc(NC(=O)C(F)F)c2)s1. The van der Waals surface area contributed by atoms with Crippen molar-refractivity contribution < 1.29 is 18.4 Å². The summed E-state index contributed by atoms with van der Waals surface area (Å²) in [4.78, 5) is 25.1. The van der Waals surface area contributed by atoms with Crippen molar-refractivity contribution in [3.8, 4) is 0 Å². The van der Waals surface area contributed by atoms with Crippen LogP contribution < -0.4 is 16.0 Å². The molecule has 3 atom stereocenters. The molecule has 1 aromatic heterocycles. The third-order valence-electron chi connectivity index (χ3n) is 4.94. The van der Waals surface area contributed by atoms with Gasteiger partial charge in [-0.05, 0) is 49.6 Å². The molecule has 0 saturated carbocycles. The second kappa shape index (κ2) is 8.18. The van der Waals surface area contributed by atoms with Crippen LogP contribution in [0.5, 0.6) is 0 Å². The van der Waals surface area contributed by atoms with E-state index in [1.807, 2.05) is 12.1 Å². The first-order chi connectivity index (χ1) is 13.5. The van der Waals surface area contributed by atoms with E-state index in [4.69, 9.17) is 0 Å². The molecule has 2 aromatic rings. The molecular weight excluding hydrogens is 404 g/mol. The maximum Gasteiger partial charge on any atom is 0.315 e. The first kappa shape index (κ1) is 19.4. The molecule has 2 saturated heterocycles. The molecule has 28 heavy (non-hydrogen) atoms. The van der Waals surface area contributed by atoms with Crippen LogP contribution in [0.1, 0.15) is 28.9 Å². The summed E-state index contributed by atoms with van der Waals surface area (Å²) in [5.41, 5.74) is 0.314.